The SMILES string of the molecule is CC1(C)CN(CCSC(F)(F)F)CC(CBr)O1. The van der Waals surface area contributed by atoms with Gasteiger partial charge in [-0.2, -0.15) is 13.2 Å². The molecule has 7 heteroatoms. The number of thioether (sulfide) groups is 1. The van der Waals surface area contributed by atoms with Crippen molar-refractivity contribution in [2.24, 2.45) is 0 Å². The van der Waals surface area contributed by atoms with Crippen LogP contribution >= 0.6 is 27.7 Å². The molecule has 0 amide bonds. The standard InChI is InChI=1S/C10H17BrF3NOS/c1-9(2)7-15(6-8(5-11)16-9)3-4-17-10(12,13)14/h8H,3-7H2,1-2H3. The summed E-state index contributed by atoms with van der Waals surface area (Å²) in [4.78, 5) is 2.04. The zero-order valence-electron chi connectivity index (χ0n) is 9.89. The van der Waals surface area contributed by atoms with Crippen LogP contribution in [0.3, 0.4) is 0 Å². The summed E-state index contributed by atoms with van der Waals surface area (Å²) in [7, 11) is 0. The molecule has 0 radical (unpaired) electrons. The summed E-state index contributed by atoms with van der Waals surface area (Å²) >= 11 is 3.40. The van der Waals surface area contributed by atoms with Crippen LogP contribution in [0.2, 0.25) is 0 Å². The number of alkyl halides is 4. The average molecular weight is 336 g/mol. The summed E-state index contributed by atoms with van der Waals surface area (Å²) in [5.74, 6) is 0.0780. The molecule has 0 bridgehead atoms. The average Bonchev–Trinajstić information content (AvgIpc) is 2.13. The lowest BCUT2D eigenvalue weighted by Gasteiger charge is -2.42. The van der Waals surface area contributed by atoms with Crippen LogP contribution in [0.4, 0.5) is 13.2 Å². The highest BCUT2D eigenvalue weighted by atomic mass is 79.9. The number of hydrogen-bond acceptors (Lipinski definition) is 3. The summed E-state index contributed by atoms with van der Waals surface area (Å²) in [5, 5.41) is 0.708. The molecule has 1 fully saturated rings. The Morgan fingerprint density at radius 3 is 2.65 bits per heavy atom. The normalized spacial score (nSPS) is 26.1. The molecule has 0 aromatic carbocycles. The van der Waals surface area contributed by atoms with Gasteiger partial charge < -0.3 is 4.74 Å². The number of rotatable bonds is 4. The Hall–Kier alpha value is 0.540. The Morgan fingerprint density at radius 1 is 1.47 bits per heavy atom. The van der Waals surface area contributed by atoms with Gasteiger partial charge in [-0.3, -0.25) is 4.90 Å². The zero-order valence-corrected chi connectivity index (χ0v) is 12.3. The lowest BCUT2D eigenvalue weighted by Crippen LogP contribution is -2.53. The minimum Gasteiger partial charge on any atom is -0.369 e. The first-order valence-corrected chi connectivity index (χ1v) is 7.49. The molecule has 17 heavy (non-hydrogen) atoms. The van der Waals surface area contributed by atoms with Crippen molar-refractivity contribution in [3.05, 3.63) is 0 Å². The second-order valence-electron chi connectivity index (χ2n) is 4.68. The molecule has 0 aromatic heterocycles. The molecule has 0 aliphatic carbocycles. The number of halogens is 4. The topological polar surface area (TPSA) is 12.5 Å². The maximum Gasteiger partial charge on any atom is 0.441 e. The molecule has 1 heterocycles. The predicted molar refractivity (Wildman–Crippen MR) is 67.7 cm³/mol. The maximum absolute atomic E-state index is 12.0. The molecule has 1 unspecified atom stereocenters. The third-order valence-corrected chi connectivity index (χ3v) is 3.83. The quantitative estimate of drug-likeness (QED) is 0.732. The number of ether oxygens (including phenoxy) is 1. The van der Waals surface area contributed by atoms with Gasteiger partial charge in [0.05, 0.1) is 11.7 Å². The predicted octanol–water partition coefficient (Wildman–Crippen LogP) is 3.11. The van der Waals surface area contributed by atoms with Crippen molar-refractivity contribution in [1.82, 2.24) is 4.90 Å². The van der Waals surface area contributed by atoms with Gasteiger partial charge in [0.25, 0.3) is 0 Å². The minimum absolute atomic E-state index is 0.0420. The fourth-order valence-electron chi connectivity index (χ4n) is 1.96. The molecular weight excluding hydrogens is 319 g/mol. The van der Waals surface area contributed by atoms with Crippen molar-refractivity contribution in [3.63, 3.8) is 0 Å². The van der Waals surface area contributed by atoms with Crippen LogP contribution in [0.1, 0.15) is 13.8 Å². The van der Waals surface area contributed by atoms with Crippen LogP contribution in [0.15, 0.2) is 0 Å². The van der Waals surface area contributed by atoms with Crippen molar-refractivity contribution < 1.29 is 17.9 Å². The Balaban J connectivity index is 2.37. The summed E-state index contributed by atoms with van der Waals surface area (Å²) in [6.45, 7) is 5.74. The Kier molecular flexibility index (Phi) is 5.62. The van der Waals surface area contributed by atoms with E-state index in [0.29, 0.717) is 25.0 Å². The van der Waals surface area contributed by atoms with Gasteiger partial charge in [0.15, 0.2) is 0 Å². The third-order valence-electron chi connectivity index (χ3n) is 2.40. The van der Waals surface area contributed by atoms with E-state index in [1.807, 2.05) is 18.7 Å². The largest absolute Gasteiger partial charge is 0.441 e. The van der Waals surface area contributed by atoms with E-state index in [1.54, 1.807) is 0 Å². The van der Waals surface area contributed by atoms with Crippen LogP contribution in [0, 0.1) is 0 Å². The smallest absolute Gasteiger partial charge is 0.369 e. The number of nitrogens with zero attached hydrogens (tertiary/aromatic N) is 1. The maximum atomic E-state index is 12.0. The van der Waals surface area contributed by atoms with E-state index in [1.165, 1.54) is 0 Å². The van der Waals surface area contributed by atoms with Crippen LogP contribution < -0.4 is 0 Å². The van der Waals surface area contributed by atoms with Gasteiger partial charge in [-0.15, -0.1) is 0 Å². The molecule has 1 atom stereocenters. The van der Waals surface area contributed by atoms with E-state index in [-0.39, 0.29) is 29.2 Å². The highest BCUT2D eigenvalue weighted by Gasteiger charge is 2.33. The zero-order chi connectivity index (χ0) is 13.1. The highest BCUT2D eigenvalue weighted by molar-refractivity contribution is 9.09. The summed E-state index contributed by atoms with van der Waals surface area (Å²) in [6, 6.07) is 0. The van der Waals surface area contributed by atoms with Crippen molar-refractivity contribution in [2.75, 3.05) is 30.7 Å². The van der Waals surface area contributed by atoms with Crippen molar-refractivity contribution in [3.8, 4) is 0 Å². The lowest BCUT2D eigenvalue weighted by atomic mass is 10.1. The Morgan fingerprint density at radius 2 is 2.12 bits per heavy atom. The molecule has 102 valence electrons. The molecule has 0 aromatic rings. The molecule has 0 spiro atoms. The van der Waals surface area contributed by atoms with Gasteiger partial charge in [-0.25, -0.2) is 0 Å². The van der Waals surface area contributed by atoms with E-state index >= 15 is 0 Å². The van der Waals surface area contributed by atoms with E-state index in [0.717, 1.165) is 0 Å². The van der Waals surface area contributed by atoms with Crippen LogP contribution in [0.5, 0.6) is 0 Å². The van der Waals surface area contributed by atoms with Gasteiger partial charge in [-0.1, -0.05) is 15.9 Å². The van der Waals surface area contributed by atoms with Gasteiger partial charge in [-0.05, 0) is 25.6 Å². The molecule has 1 rings (SSSR count). The molecule has 0 saturated carbocycles. The fraction of sp³-hybridized carbons (Fsp3) is 1.00. The first-order valence-electron chi connectivity index (χ1n) is 5.39. The molecule has 1 saturated heterocycles. The van der Waals surface area contributed by atoms with E-state index in [2.05, 4.69) is 15.9 Å². The van der Waals surface area contributed by atoms with Crippen molar-refractivity contribution in [1.29, 1.82) is 0 Å². The highest BCUT2D eigenvalue weighted by Crippen LogP contribution is 2.30. The molecule has 1 aliphatic heterocycles. The third kappa shape index (κ3) is 6.31. The van der Waals surface area contributed by atoms with Crippen molar-refractivity contribution in [2.45, 2.75) is 31.1 Å². The van der Waals surface area contributed by atoms with Gasteiger partial charge in [0, 0.05) is 30.7 Å². The molecular formula is C10H17BrF3NOS. The monoisotopic (exact) mass is 335 g/mol. The Bertz CT molecular complexity index is 250. The number of hydrogen-bond donors (Lipinski definition) is 0. The number of morpholine rings is 1. The Labute approximate surface area is 112 Å². The first-order chi connectivity index (χ1) is 7.72. The summed E-state index contributed by atoms with van der Waals surface area (Å²) in [6.07, 6.45) is 0.0506. The van der Waals surface area contributed by atoms with Gasteiger partial charge >= 0.3 is 5.51 Å². The second kappa shape index (κ2) is 6.12. The minimum atomic E-state index is -4.13. The van der Waals surface area contributed by atoms with E-state index < -0.39 is 5.51 Å². The molecule has 1 aliphatic rings. The second-order valence-corrected chi connectivity index (χ2v) is 6.49. The van der Waals surface area contributed by atoms with Crippen molar-refractivity contribution >= 4 is 27.7 Å². The van der Waals surface area contributed by atoms with E-state index in [4.69, 9.17) is 4.74 Å². The lowest BCUT2D eigenvalue weighted by molar-refractivity contribution is -0.125. The summed E-state index contributed by atoms with van der Waals surface area (Å²) < 4.78 is 41.8. The fourth-order valence-corrected chi connectivity index (χ4v) is 2.88. The molecule has 2 nitrogen and oxygen atoms in total. The first kappa shape index (κ1) is 15.6. The molecule has 0 N–H and O–H groups in total. The van der Waals surface area contributed by atoms with Crippen LogP contribution in [-0.2, 0) is 4.74 Å². The van der Waals surface area contributed by atoms with Crippen LogP contribution in [-0.4, -0.2) is 52.8 Å². The summed E-state index contributed by atoms with van der Waals surface area (Å²) in [5.41, 5.74) is -4.42. The van der Waals surface area contributed by atoms with Crippen LogP contribution in [0.25, 0.3) is 0 Å². The van der Waals surface area contributed by atoms with Gasteiger partial charge in [0.1, 0.15) is 0 Å². The van der Waals surface area contributed by atoms with E-state index in [9.17, 15) is 13.2 Å². The van der Waals surface area contributed by atoms with Gasteiger partial charge in [0.2, 0.25) is 0 Å².